The summed E-state index contributed by atoms with van der Waals surface area (Å²) in [5.41, 5.74) is 1.40. The molecule has 0 fully saturated rings. The molecule has 0 bridgehead atoms. The van der Waals surface area contributed by atoms with Crippen molar-refractivity contribution in [3.8, 4) is 17.7 Å². The lowest BCUT2D eigenvalue weighted by atomic mass is 10.2. The van der Waals surface area contributed by atoms with Crippen molar-refractivity contribution in [3.05, 3.63) is 41.6 Å². The van der Waals surface area contributed by atoms with Crippen molar-refractivity contribution in [3.63, 3.8) is 0 Å². The highest BCUT2D eigenvalue weighted by atomic mass is 16.5. The molecule has 2 aromatic rings. The fourth-order valence-corrected chi connectivity index (χ4v) is 1.59. The maximum atomic E-state index is 8.88. The topological polar surface area (TPSA) is 70.8 Å². The van der Waals surface area contributed by atoms with Crippen molar-refractivity contribution in [1.29, 1.82) is 5.26 Å². The minimum absolute atomic E-state index is 0.494. The SMILES string of the molecule is CCCNc1ncc(C)c(Oc2cccc(C#N)c2)n1. The lowest BCUT2D eigenvalue weighted by molar-refractivity contribution is 0.458. The van der Waals surface area contributed by atoms with Crippen LogP contribution in [0.4, 0.5) is 5.95 Å². The Hall–Kier alpha value is -2.61. The van der Waals surface area contributed by atoms with E-state index in [1.54, 1.807) is 30.5 Å². The Morgan fingerprint density at radius 1 is 1.40 bits per heavy atom. The Balaban J connectivity index is 2.21. The molecular weight excluding hydrogens is 252 g/mol. The highest BCUT2D eigenvalue weighted by Crippen LogP contribution is 2.23. The van der Waals surface area contributed by atoms with Gasteiger partial charge in [0.1, 0.15) is 5.75 Å². The summed E-state index contributed by atoms with van der Waals surface area (Å²) < 4.78 is 5.73. The van der Waals surface area contributed by atoms with Crippen molar-refractivity contribution in [2.75, 3.05) is 11.9 Å². The zero-order valence-corrected chi connectivity index (χ0v) is 11.6. The molecule has 5 nitrogen and oxygen atoms in total. The molecule has 0 spiro atoms. The molecule has 1 heterocycles. The van der Waals surface area contributed by atoms with Crippen LogP contribution in [-0.2, 0) is 0 Å². The number of ether oxygens (including phenoxy) is 1. The Bertz CT molecular complexity index is 634. The van der Waals surface area contributed by atoms with E-state index in [9.17, 15) is 0 Å². The van der Waals surface area contributed by atoms with Crippen molar-refractivity contribution in [2.45, 2.75) is 20.3 Å². The first-order valence-corrected chi connectivity index (χ1v) is 6.48. The zero-order valence-electron chi connectivity index (χ0n) is 11.6. The Kier molecular flexibility index (Phi) is 4.51. The quantitative estimate of drug-likeness (QED) is 0.901. The van der Waals surface area contributed by atoms with E-state index in [1.807, 2.05) is 6.92 Å². The average Bonchev–Trinajstić information content (AvgIpc) is 2.48. The molecule has 0 aliphatic carbocycles. The van der Waals surface area contributed by atoms with Crippen molar-refractivity contribution in [1.82, 2.24) is 9.97 Å². The van der Waals surface area contributed by atoms with Gasteiger partial charge in [0.15, 0.2) is 0 Å². The fourth-order valence-electron chi connectivity index (χ4n) is 1.59. The van der Waals surface area contributed by atoms with Crippen LogP contribution < -0.4 is 10.1 Å². The Labute approximate surface area is 118 Å². The van der Waals surface area contributed by atoms with Crippen LogP contribution in [0.5, 0.6) is 11.6 Å². The third-order valence-corrected chi connectivity index (χ3v) is 2.64. The molecule has 0 unspecified atom stereocenters. The van der Waals surface area contributed by atoms with Crippen LogP contribution in [-0.4, -0.2) is 16.5 Å². The van der Waals surface area contributed by atoms with Gasteiger partial charge in [-0.05, 0) is 31.5 Å². The maximum absolute atomic E-state index is 8.88. The normalized spacial score (nSPS) is 9.85. The van der Waals surface area contributed by atoms with Gasteiger partial charge in [0.2, 0.25) is 11.8 Å². The minimum Gasteiger partial charge on any atom is -0.439 e. The second-order valence-electron chi connectivity index (χ2n) is 4.35. The molecule has 2 rings (SSSR count). The predicted octanol–water partition coefficient (Wildman–Crippen LogP) is 3.27. The molecule has 1 aromatic carbocycles. The van der Waals surface area contributed by atoms with Gasteiger partial charge in [-0.1, -0.05) is 13.0 Å². The second-order valence-corrected chi connectivity index (χ2v) is 4.35. The summed E-state index contributed by atoms with van der Waals surface area (Å²) in [5.74, 6) is 1.63. The van der Waals surface area contributed by atoms with Crippen LogP contribution in [0.2, 0.25) is 0 Å². The summed E-state index contributed by atoms with van der Waals surface area (Å²) in [6.45, 7) is 4.77. The molecule has 0 amide bonds. The fraction of sp³-hybridized carbons (Fsp3) is 0.267. The van der Waals surface area contributed by atoms with Crippen LogP contribution in [0, 0.1) is 18.3 Å². The molecule has 0 aliphatic heterocycles. The highest BCUT2D eigenvalue weighted by molar-refractivity contribution is 5.40. The number of hydrogen-bond donors (Lipinski definition) is 1. The van der Waals surface area contributed by atoms with Gasteiger partial charge >= 0.3 is 0 Å². The molecule has 0 saturated heterocycles. The van der Waals surface area contributed by atoms with E-state index in [2.05, 4.69) is 28.3 Å². The van der Waals surface area contributed by atoms with Gasteiger partial charge in [-0.15, -0.1) is 0 Å². The average molecular weight is 268 g/mol. The predicted molar refractivity (Wildman–Crippen MR) is 76.8 cm³/mol. The number of hydrogen-bond acceptors (Lipinski definition) is 5. The summed E-state index contributed by atoms with van der Waals surface area (Å²) in [6.07, 6.45) is 2.71. The number of aryl methyl sites for hydroxylation is 1. The molecule has 102 valence electrons. The number of nitrogens with zero attached hydrogens (tertiary/aromatic N) is 3. The van der Waals surface area contributed by atoms with Gasteiger partial charge in [-0.25, -0.2) is 4.98 Å². The summed E-state index contributed by atoms with van der Waals surface area (Å²) in [7, 11) is 0. The molecule has 1 aromatic heterocycles. The van der Waals surface area contributed by atoms with Gasteiger partial charge in [-0.3, -0.25) is 0 Å². The summed E-state index contributed by atoms with van der Waals surface area (Å²) in [5, 5.41) is 12.0. The number of rotatable bonds is 5. The van der Waals surface area contributed by atoms with Gasteiger partial charge in [0.25, 0.3) is 0 Å². The molecule has 0 atom stereocenters. The summed E-state index contributed by atoms with van der Waals surface area (Å²) in [6, 6.07) is 9.06. The second kappa shape index (κ2) is 6.53. The number of aromatic nitrogens is 2. The zero-order chi connectivity index (χ0) is 14.4. The van der Waals surface area contributed by atoms with Gasteiger partial charge in [0, 0.05) is 18.3 Å². The van der Waals surface area contributed by atoms with Crippen LogP contribution in [0.25, 0.3) is 0 Å². The first-order valence-electron chi connectivity index (χ1n) is 6.48. The van der Waals surface area contributed by atoms with E-state index in [4.69, 9.17) is 10.00 Å². The number of anilines is 1. The Morgan fingerprint density at radius 3 is 3.00 bits per heavy atom. The molecule has 5 heteroatoms. The van der Waals surface area contributed by atoms with Gasteiger partial charge in [-0.2, -0.15) is 10.2 Å². The van der Waals surface area contributed by atoms with Crippen molar-refractivity contribution >= 4 is 5.95 Å². The molecule has 0 radical (unpaired) electrons. The number of nitrogens with one attached hydrogen (secondary N) is 1. The van der Waals surface area contributed by atoms with E-state index in [-0.39, 0.29) is 0 Å². The van der Waals surface area contributed by atoms with Crippen LogP contribution >= 0.6 is 0 Å². The lowest BCUT2D eigenvalue weighted by Gasteiger charge is -2.09. The molecule has 1 N–H and O–H groups in total. The third kappa shape index (κ3) is 3.45. The van der Waals surface area contributed by atoms with Crippen LogP contribution in [0.3, 0.4) is 0 Å². The molecule has 0 aliphatic rings. The first-order chi connectivity index (χ1) is 9.72. The number of nitriles is 1. The monoisotopic (exact) mass is 268 g/mol. The highest BCUT2D eigenvalue weighted by Gasteiger charge is 2.06. The molecular formula is C15H16N4O. The van der Waals surface area contributed by atoms with E-state index >= 15 is 0 Å². The van der Waals surface area contributed by atoms with Crippen molar-refractivity contribution < 1.29 is 4.74 Å². The van der Waals surface area contributed by atoms with E-state index in [0.29, 0.717) is 23.1 Å². The Morgan fingerprint density at radius 2 is 2.25 bits per heavy atom. The van der Waals surface area contributed by atoms with Crippen LogP contribution in [0.15, 0.2) is 30.5 Å². The lowest BCUT2D eigenvalue weighted by Crippen LogP contribution is -2.05. The van der Waals surface area contributed by atoms with E-state index < -0.39 is 0 Å². The maximum Gasteiger partial charge on any atom is 0.226 e. The van der Waals surface area contributed by atoms with Crippen molar-refractivity contribution in [2.24, 2.45) is 0 Å². The largest absolute Gasteiger partial charge is 0.439 e. The standard InChI is InChI=1S/C15H16N4O/c1-3-7-17-15-18-10-11(2)14(19-15)20-13-6-4-5-12(8-13)9-16/h4-6,8,10H,3,7H2,1-2H3,(H,17,18,19). The van der Waals surface area contributed by atoms with Gasteiger partial charge < -0.3 is 10.1 Å². The van der Waals surface area contributed by atoms with Gasteiger partial charge in [0.05, 0.1) is 11.6 Å². The molecule has 0 saturated carbocycles. The number of benzene rings is 1. The van der Waals surface area contributed by atoms with Crippen LogP contribution in [0.1, 0.15) is 24.5 Å². The first kappa shape index (κ1) is 13.8. The minimum atomic E-state index is 0.494. The smallest absolute Gasteiger partial charge is 0.226 e. The van der Waals surface area contributed by atoms with E-state index in [0.717, 1.165) is 18.5 Å². The van der Waals surface area contributed by atoms with E-state index in [1.165, 1.54) is 0 Å². The third-order valence-electron chi connectivity index (χ3n) is 2.64. The summed E-state index contributed by atoms with van der Waals surface area (Å²) in [4.78, 5) is 8.53. The molecule has 20 heavy (non-hydrogen) atoms. The summed E-state index contributed by atoms with van der Waals surface area (Å²) >= 11 is 0.